The van der Waals surface area contributed by atoms with Crippen LogP contribution in [0.15, 0.2) is 48.7 Å². The summed E-state index contributed by atoms with van der Waals surface area (Å²) >= 11 is 0.838. The van der Waals surface area contributed by atoms with E-state index in [1.807, 2.05) is 5.92 Å². The Balaban J connectivity index is 2.12. The summed E-state index contributed by atoms with van der Waals surface area (Å²) in [5.41, 5.74) is -14.5. The summed E-state index contributed by atoms with van der Waals surface area (Å²) in [6.45, 7) is -0.640. The Morgan fingerprint density at radius 2 is 1.55 bits per heavy atom. The standard InChI is InChI=1S/C26H12F12IN3O2/c1-2-8-42(22(44)12-6-7-18(27)40-11-12)17-5-3-4-14(19(17)28)21(43)41-20-15(24(30,31)32)9-13(10-16(20)39)23(29,25(33,34)35)26(36,37)38/h1,3-7,9-11H,8H2,(H,41,43). The van der Waals surface area contributed by atoms with E-state index in [-0.39, 0.29) is 11.6 Å². The van der Waals surface area contributed by atoms with Crippen LogP contribution in [0.25, 0.3) is 0 Å². The second-order valence-electron chi connectivity index (χ2n) is 8.59. The number of benzene rings is 2. The third kappa shape index (κ3) is 6.56. The first-order chi connectivity index (χ1) is 20.1. The van der Waals surface area contributed by atoms with Crippen molar-refractivity contribution in [1.29, 1.82) is 0 Å². The minimum atomic E-state index is -6.74. The molecule has 0 saturated heterocycles. The highest BCUT2D eigenvalue weighted by molar-refractivity contribution is 14.1. The van der Waals surface area contributed by atoms with Crippen molar-refractivity contribution >= 4 is 45.8 Å². The van der Waals surface area contributed by atoms with E-state index in [1.54, 1.807) is 5.32 Å². The van der Waals surface area contributed by atoms with Gasteiger partial charge in [-0.15, -0.1) is 6.42 Å². The number of alkyl halides is 10. The van der Waals surface area contributed by atoms with Gasteiger partial charge in [-0.1, -0.05) is 12.0 Å². The molecule has 0 aliphatic carbocycles. The number of carbonyl (C=O) groups is 2. The van der Waals surface area contributed by atoms with Gasteiger partial charge in [-0.25, -0.2) is 13.8 Å². The number of rotatable bonds is 6. The number of hydrogen-bond acceptors (Lipinski definition) is 3. The highest BCUT2D eigenvalue weighted by Gasteiger charge is 2.73. The normalized spacial score (nSPS) is 12.5. The van der Waals surface area contributed by atoms with Crippen molar-refractivity contribution in [2.45, 2.75) is 24.2 Å². The lowest BCUT2D eigenvalue weighted by molar-refractivity contribution is -0.348. The first-order valence-electron chi connectivity index (χ1n) is 11.4. The Kier molecular flexibility index (Phi) is 9.53. The molecule has 2 aromatic carbocycles. The molecule has 0 unspecified atom stereocenters. The molecule has 0 spiro atoms. The molecule has 0 saturated carbocycles. The number of amides is 2. The summed E-state index contributed by atoms with van der Waals surface area (Å²) in [6, 6.07) is 3.42. The number of nitrogens with one attached hydrogen (secondary N) is 1. The third-order valence-electron chi connectivity index (χ3n) is 5.80. The third-order valence-corrected chi connectivity index (χ3v) is 6.65. The van der Waals surface area contributed by atoms with Gasteiger partial charge in [0.25, 0.3) is 11.8 Å². The van der Waals surface area contributed by atoms with Crippen molar-refractivity contribution in [3.8, 4) is 12.3 Å². The molecule has 5 nitrogen and oxygen atoms in total. The molecule has 0 bridgehead atoms. The molecule has 0 fully saturated rings. The molecule has 0 radical (unpaired) electrons. The Hall–Kier alpha value is -4.02. The van der Waals surface area contributed by atoms with Crippen molar-refractivity contribution in [3.05, 3.63) is 86.3 Å². The van der Waals surface area contributed by atoms with E-state index in [1.165, 1.54) is 0 Å². The fraction of sp³-hybridized carbons (Fsp3) is 0.192. The van der Waals surface area contributed by atoms with Crippen LogP contribution >= 0.6 is 22.6 Å². The first-order valence-corrected chi connectivity index (χ1v) is 12.4. The van der Waals surface area contributed by atoms with E-state index in [0.29, 0.717) is 4.90 Å². The van der Waals surface area contributed by atoms with E-state index in [4.69, 9.17) is 6.42 Å². The van der Waals surface area contributed by atoms with Gasteiger partial charge in [0.2, 0.25) is 5.95 Å². The Morgan fingerprint density at radius 3 is 2.05 bits per heavy atom. The molecule has 0 aliphatic rings. The van der Waals surface area contributed by atoms with E-state index in [9.17, 15) is 57.9 Å². The molecule has 44 heavy (non-hydrogen) atoms. The van der Waals surface area contributed by atoms with Gasteiger partial charge >= 0.3 is 24.2 Å². The lowest BCUT2D eigenvalue weighted by atomic mass is 9.92. The topological polar surface area (TPSA) is 62.3 Å². The number of pyridine rings is 1. The van der Waals surface area contributed by atoms with Gasteiger partial charge in [0, 0.05) is 15.3 Å². The molecular weight excluding hydrogens is 741 g/mol. The average molecular weight is 753 g/mol. The fourth-order valence-corrected chi connectivity index (χ4v) is 4.51. The average Bonchev–Trinajstić information content (AvgIpc) is 2.90. The predicted molar refractivity (Wildman–Crippen MR) is 138 cm³/mol. The smallest absolute Gasteiger partial charge is 0.320 e. The fourth-order valence-electron chi connectivity index (χ4n) is 3.74. The predicted octanol–water partition coefficient (Wildman–Crippen LogP) is 7.80. The van der Waals surface area contributed by atoms with Crippen LogP contribution in [0, 0.1) is 27.7 Å². The van der Waals surface area contributed by atoms with Crippen LogP contribution in [0.4, 0.5) is 64.1 Å². The van der Waals surface area contributed by atoms with Gasteiger partial charge in [0.15, 0.2) is 5.82 Å². The Bertz CT molecular complexity index is 1610. The zero-order chi connectivity index (χ0) is 33.4. The summed E-state index contributed by atoms with van der Waals surface area (Å²) in [6.07, 6.45) is -13.2. The maximum atomic E-state index is 15.5. The number of aromatic nitrogens is 1. The quantitative estimate of drug-likeness (QED) is 0.121. The molecule has 234 valence electrons. The second kappa shape index (κ2) is 12.2. The summed E-state index contributed by atoms with van der Waals surface area (Å²) in [5.74, 6) is -3.21. The molecular formula is C26H12F12IN3O2. The molecule has 3 aromatic rings. The number of halogens is 13. The highest BCUT2D eigenvalue weighted by atomic mass is 127. The lowest BCUT2D eigenvalue weighted by Gasteiger charge is -2.31. The molecule has 0 aliphatic heterocycles. The van der Waals surface area contributed by atoms with Crippen molar-refractivity contribution < 1.29 is 62.3 Å². The Labute approximate surface area is 252 Å². The molecule has 18 heteroatoms. The minimum Gasteiger partial charge on any atom is -0.320 e. The molecule has 1 heterocycles. The molecule has 1 aromatic heterocycles. The van der Waals surface area contributed by atoms with E-state index < -0.39 is 92.0 Å². The number of carbonyl (C=O) groups excluding carboxylic acids is 2. The SMILES string of the molecule is C#CCN(C(=O)c1ccc(F)nc1)c1cccc(C(=O)Nc2c(I)cc(C(F)(C(F)(F)F)C(F)(F)F)cc2C(F)(F)F)c1F. The number of nitrogens with zero attached hydrogens (tertiary/aromatic N) is 2. The van der Waals surface area contributed by atoms with Crippen LogP contribution in [0.3, 0.4) is 0 Å². The molecule has 3 rings (SSSR count). The zero-order valence-electron chi connectivity index (χ0n) is 21.0. The van der Waals surface area contributed by atoms with Crippen LogP contribution < -0.4 is 10.2 Å². The molecule has 2 amide bonds. The van der Waals surface area contributed by atoms with E-state index in [0.717, 1.165) is 59.1 Å². The van der Waals surface area contributed by atoms with Crippen LogP contribution in [0.5, 0.6) is 0 Å². The van der Waals surface area contributed by atoms with Gasteiger partial charge < -0.3 is 5.32 Å². The maximum Gasteiger partial charge on any atom is 0.435 e. The van der Waals surface area contributed by atoms with Gasteiger partial charge in [-0.2, -0.15) is 43.9 Å². The van der Waals surface area contributed by atoms with Gasteiger partial charge in [0.05, 0.1) is 34.6 Å². The van der Waals surface area contributed by atoms with Crippen molar-refractivity contribution in [2.75, 3.05) is 16.8 Å². The van der Waals surface area contributed by atoms with E-state index in [2.05, 4.69) is 4.98 Å². The zero-order valence-corrected chi connectivity index (χ0v) is 23.2. The highest BCUT2D eigenvalue weighted by Crippen LogP contribution is 2.54. The maximum absolute atomic E-state index is 15.5. The largest absolute Gasteiger partial charge is 0.435 e. The summed E-state index contributed by atoms with van der Waals surface area (Å²) in [7, 11) is 0. The van der Waals surface area contributed by atoms with Gasteiger partial charge in [0.1, 0.15) is 0 Å². The molecule has 0 atom stereocenters. The lowest BCUT2D eigenvalue weighted by Crippen LogP contribution is -2.50. The molecule has 1 N–H and O–H groups in total. The second-order valence-corrected chi connectivity index (χ2v) is 9.75. The number of anilines is 2. The summed E-state index contributed by atoms with van der Waals surface area (Å²) in [5, 5.41) is 1.58. The number of hydrogen-bond donors (Lipinski definition) is 1. The van der Waals surface area contributed by atoms with Crippen molar-refractivity contribution in [3.63, 3.8) is 0 Å². The minimum absolute atomic E-state index is 0.205. The van der Waals surface area contributed by atoms with Crippen molar-refractivity contribution in [1.82, 2.24) is 4.98 Å². The van der Waals surface area contributed by atoms with Gasteiger partial charge in [-0.3, -0.25) is 14.5 Å². The van der Waals surface area contributed by atoms with Crippen LogP contribution in [0.1, 0.15) is 31.8 Å². The van der Waals surface area contributed by atoms with Crippen LogP contribution in [-0.2, 0) is 11.8 Å². The Morgan fingerprint density at radius 1 is 0.932 bits per heavy atom. The van der Waals surface area contributed by atoms with Crippen LogP contribution in [0.2, 0.25) is 0 Å². The summed E-state index contributed by atoms with van der Waals surface area (Å²) in [4.78, 5) is 29.7. The van der Waals surface area contributed by atoms with E-state index >= 15 is 4.39 Å². The first kappa shape index (κ1) is 34.5. The van der Waals surface area contributed by atoms with Gasteiger partial charge in [-0.05, 0) is 59.0 Å². The van der Waals surface area contributed by atoms with Crippen LogP contribution in [-0.4, -0.2) is 35.7 Å². The summed E-state index contributed by atoms with van der Waals surface area (Å²) < 4.78 is 163. The van der Waals surface area contributed by atoms with Crippen molar-refractivity contribution in [2.24, 2.45) is 0 Å². The number of terminal acetylenes is 1. The monoisotopic (exact) mass is 753 g/mol.